The van der Waals surface area contributed by atoms with E-state index >= 15 is 0 Å². The predicted octanol–water partition coefficient (Wildman–Crippen LogP) is 2.76. The van der Waals surface area contributed by atoms with Crippen LogP contribution in [0.1, 0.15) is 29.6 Å². The van der Waals surface area contributed by atoms with Crippen molar-refractivity contribution >= 4 is 23.5 Å². The third-order valence-electron chi connectivity index (χ3n) is 2.42. The maximum Gasteiger partial charge on any atom is 0.386 e. The highest BCUT2D eigenvalue weighted by molar-refractivity contribution is 6.30. The van der Waals surface area contributed by atoms with E-state index in [1.54, 1.807) is 12.1 Å². The van der Waals surface area contributed by atoms with Gasteiger partial charge in [-0.05, 0) is 37.0 Å². The summed E-state index contributed by atoms with van der Waals surface area (Å²) in [5.74, 6) is -0.841. The second-order valence-electron chi connectivity index (χ2n) is 3.98. The minimum absolute atomic E-state index is 0.247. The van der Waals surface area contributed by atoms with E-state index in [0.29, 0.717) is 17.4 Å². The van der Waals surface area contributed by atoms with Gasteiger partial charge in [-0.15, -0.1) is 0 Å². The quantitative estimate of drug-likeness (QED) is 0.615. The van der Waals surface area contributed by atoms with Crippen LogP contribution in [0.5, 0.6) is 0 Å². The third-order valence-corrected chi connectivity index (χ3v) is 2.66. The van der Waals surface area contributed by atoms with Crippen molar-refractivity contribution in [2.45, 2.75) is 19.3 Å². The van der Waals surface area contributed by atoms with Crippen LogP contribution < -0.4 is 0 Å². The molecule has 1 aliphatic carbocycles. The average molecular weight is 255 g/mol. The monoisotopic (exact) mass is 254 g/mol. The molecule has 0 radical (unpaired) electrons. The molecule has 0 aliphatic heterocycles. The van der Waals surface area contributed by atoms with Crippen LogP contribution in [0.25, 0.3) is 0 Å². The van der Waals surface area contributed by atoms with Gasteiger partial charge in [-0.3, -0.25) is 0 Å². The fraction of sp³-hybridized carbons (Fsp3) is 0.333. The molecular formula is C12H11ClO4. The van der Waals surface area contributed by atoms with Crippen LogP contribution in [0.4, 0.5) is 0 Å². The molecule has 0 spiro atoms. The number of hydrogen-bond donors (Lipinski definition) is 0. The predicted molar refractivity (Wildman–Crippen MR) is 60.3 cm³/mol. The van der Waals surface area contributed by atoms with Crippen LogP contribution in [0, 0.1) is 5.92 Å². The van der Waals surface area contributed by atoms with Crippen molar-refractivity contribution in [3.8, 4) is 0 Å². The Labute approximate surface area is 103 Å². The lowest BCUT2D eigenvalue weighted by Crippen LogP contribution is -2.11. The van der Waals surface area contributed by atoms with Gasteiger partial charge in [0.1, 0.15) is 0 Å². The molecule has 1 fully saturated rings. The normalized spacial score (nSPS) is 14.2. The van der Waals surface area contributed by atoms with E-state index in [1.807, 2.05) is 0 Å². The van der Waals surface area contributed by atoms with Crippen LogP contribution in [0.3, 0.4) is 0 Å². The molecule has 1 aliphatic rings. The van der Waals surface area contributed by atoms with Crippen molar-refractivity contribution in [1.82, 2.24) is 0 Å². The Bertz CT molecular complexity index is 440. The third kappa shape index (κ3) is 3.75. The van der Waals surface area contributed by atoms with Gasteiger partial charge in [-0.2, -0.15) is 0 Å². The summed E-state index contributed by atoms with van der Waals surface area (Å²) in [6.45, 7) is 0. The summed E-state index contributed by atoms with van der Waals surface area (Å²) in [5, 5.41) is 0.420. The van der Waals surface area contributed by atoms with Gasteiger partial charge in [-0.25, -0.2) is 19.4 Å². The van der Waals surface area contributed by atoms with Gasteiger partial charge in [0, 0.05) is 5.02 Å². The highest BCUT2D eigenvalue weighted by Gasteiger charge is 2.26. The summed E-state index contributed by atoms with van der Waals surface area (Å²) in [4.78, 5) is 31.5. The zero-order valence-corrected chi connectivity index (χ0v) is 9.77. The number of halogens is 1. The molecule has 0 bridgehead atoms. The number of benzene rings is 1. The lowest BCUT2D eigenvalue weighted by Gasteiger charge is -2.02. The summed E-state index contributed by atoms with van der Waals surface area (Å²) in [6.07, 6.45) is 2.39. The first-order valence-electron chi connectivity index (χ1n) is 5.32. The van der Waals surface area contributed by atoms with Crippen LogP contribution in [0.15, 0.2) is 24.3 Å². The van der Waals surface area contributed by atoms with E-state index in [4.69, 9.17) is 11.6 Å². The standard InChI is InChI=1S/C12H11ClO4/c13-10-3-1-2-9(7-10)12(15)17-16-11(14)6-8-4-5-8/h1-3,7-8H,4-6H2. The Morgan fingerprint density at radius 3 is 2.71 bits per heavy atom. The van der Waals surface area contributed by atoms with Crippen molar-refractivity contribution in [3.63, 3.8) is 0 Å². The van der Waals surface area contributed by atoms with Crippen molar-refractivity contribution in [3.05, 3.63) is 34.9 Å². The lowest BCUT2D eigenvalue weighted by molar-refractivity contribution is -0.234. The fourth-order valence-electron chi connectivity index (χ4n) is 1.34. The molecule has 4 nitrogen and oxygen atoms in total. The second-order valence-corrected chi connectivity index (χ2v) is 4.42. The minimum Gasteiger partial charge on any atom is -0.247 e. The maximum absolute atomic E-state index is 11.4. The highest BCUT2D eigenvalue weighted by Crippen LogP contribution is 2.32. The molecule has 5 heteroatoms. The van der Waals surface area contributed by atoms with Crippen LogP contribution >= 0.6 is 11.6 Å². The van der Waals surface area contributed by atoms with Gasteiger partial charge < -0.3 is 0 Å². The molecule has 0 unspecified atom stereocenters. The molecule has 2 rings (SSSR count). The number of carbonyl (C=O) groups excluding carboxylic acids is 2. The Morgan fingerprint density at radius 2 is 2.06 bits per heavy atom. The van der Waals surface area contributed by atoms with Crippen molar-refractivity contribution in [1.29, 1.82) is 0 Å². The van der Waals surface area contributed by atoms with E-state index in [-0.39, 0.29) is 5.56 Å². The first-order valence-corrected chi connectivity index (χ1v) is 5.70. The zero-order valence-electron chi connectivity index (χ0n) is 9.02. The smallest absolute Gasteiger partial charge is 0.247 e. The molecule has 1 saturated carbocycles. The number of hydrogen-bond acceptors (Lipinski definition) is 4. The van der Waals surface area contributed by atoms with Gasteiger partial charge in [-0.1, -0.05) is 17.7 Å². The summed E-state index contributed by atoms with van der Waals surface area (Å²) in [6, 6.07) is 6.23. The summed E-state index contributed by atoms with van der Waals surface area (Å²) >= 11 is 5.71. The van der Waals surface area contributed by atoms with E-state index in [9.17, 15) is 9.59 Å². The molecule has 17 heavy (non-hydrogen) atoms. The Balaban J connectivity index is 1.82. The van der Waals surface area contributed by atoms with Gasteiger partial charge >= 0.3 is 11.9 Å². The molecule has 1 aromatic rings. The van der Waals surface area contributed by atoms with Crippen LogP contribution in [-0.4, -0.2) is 11.9 Å². The van der Waals surface area contributed by atoms with Crippen molar-refractivity contribution < 1.29 is 19.4 Å². The molecule has 1 aromatic carbocycles. The SMILES string of the molecule is O=C(CC1CC1)OOC(=O)c1cccc(Cl)c1. The van der Waals surface area contributed by atoms with Gasteiger partial charge in [0.25, 0.3) is 0 Å². The van der Waals surface area contributed by atoms with E-state index in [1.165, 1.54) is 12.1 Å². The molecule has 0 heterocycles. The maximum atomic E-state index is 11.4. The molecule has 0 atom stereocenters. The highest BCUT2D eigenvalue weighted by atomic mass is 35.5. The van der Waals surface area contributed by atoms with E-state index in [2.05, 4.69) is 9.78 Å². The molecule has 0 aromatic heterocycles. The van der Waals surface area contributed by atoms with E-state index in [0.717, 1.165) is 12.8 Å². The molecule has 0 amide bonds. The van der Waals surface area contributed by atoms with Gasteiger partial charge in [0.2, 0.25) is 0 Å². The summed E-state index contributed by atoms with van der Waals surface area (Å²) < 4.78 is 0. The molecular weight excluding hydrogens is 244 g/mol. The Kier molecular flexibility index (Phi) is 3.64. The van der Waals surface area contributed by atoms with Gasteiger partial charge in [0.05, 0.1) is 12.0 Å². The van der Waals surface area contributed by atoms with Gasteiger partial charge in [0.15, 0.2) is 0 Å². The fourth-order valence-corrected chi connectivity index (χ4v) is 1.53. The lowest BCUT2D eigenvalue weighted by atomic mass is 10.2. The molecule has 0 N–H and O–H groups in total. The number of carbonyl (C=O) groups is 2. The zero-order chi connectivity index (χ0) is 12.3. The Morgan fingerprint density at radius 1 is 1.29 bits per heavy atom. The largest absolute Gasteiger partial charge is 0.386 e. The minimum atomic E-state index is -0.725. The van der Waals surface area contributed by atoms with Crippen molar-refractivity contribution in [2.24, 2.45) is 5.92 Å². The second kappa shape index (κ2) is 5.19. The topological polar surface area (TPSA) is 52.6 Å². The summed E-state index contributed by atoms with van der Waals surface area (Å²) in [5.41, 5.74) is 0.247. The van der Waals surface area contributed by atoms with Crippen molar-refractivity contribution in [2.75, 3.05) is 0 Å². The van der Waals surface area contributed by atoms with Crippen LogP contribution in [0.2, 0.25) is 5.02 Å². The molecule has 90 valence electrons. The molecule has 0 saturated heterocycles. The number of rotatable bonds is 3. The first-order chi connectivity index (χ1) is 8.15. The first kappa shape index (κ1) is 11.9. The van der Waals surface area contributed by atoms with E-state index < -0.39 is 11.9 Å². The summed E-state index contributed by atoms with van der Waals surface area (Å²) in [7, 11) is 0. The van der Waals surface area contributed by atoms with Crippen LogP contribution in [-0.2, 0) is 14.6 Å². The average Bonchev–Trinajstić information content (AvgIpc) is 3.10. The Hall–Kier alpha value is -1.55.